The standard InChI is InChI=1S/C19H26N2O2S2/c1-11(2)9-10-21-18(23)16-14-7-5-6-8-15(14)25-17(16)20-19(21)24-13(4)12(3)22/h11,13H,5-10H2,1-4H3. The van der Waals surface area contributed by atoms with Gasteiger partial charge in [-0.05, 0) is 57.4 Å². The van der Waals surface area contributed by atoms with Crippen LogP contribution in [0.15, 0.2) is 9.95 Å². The summed E-state index contributed by atoms with van der Waals surface area (Å²) in [6.07, 6.45) is 5.34. The Labute approximate surface area is 157 Å². The molecule has 0 saturated heterocycles. The molecule has 6 heteroatoms. The van der Waals surface area contributed by atoms with Crippen molar-refractivity contribution in [3.63, 3.8) is 0 Å². The van der Waals surface area contributed by atoms with Crippen LogP contribution >= 0.6 is 23.1 Å². The van der Waals surface area contributed by atoms with Gasteiger partial charge in [0.05, 0.1) is 10.6 Å². The van der Waals surface area contributed by atoms with Crippen LogP contribution < -0.4 is 5.56 Å². The van der Waals surface area contributed by atoms with E-state index in [2.05, 4.69) is 13.8 Å². The minimum atomic E-state index is -0.191. The predicted octanol–water partition coefficient (Wildman–Crippen LogP) is 4.45. The molecule has 0 spiro atoms. The Hall–Kier alpha value is -1.14. The van der Waals surface area contributed by atoms with Crippen LogP contribution in [0.3, 0.4) is 0 Å². The Morgan fingerprint density at radius 1 is 1.28 bits per heavy atom. The fraction of sp³-hybridized carbons (Fsp3) is 0.632. The molecule has 2 aromatic heterocycles. The zero-order valence-corrected chi connectivity index (χ0v) is 17.1. The second-order valence-corrected chi connectivity index (χ2v) is 9.69. The van der Waals surface area contributed by atoms with E-state index < -0.39 is 0 Å². The lowest BCUT2D eigenvalue weighted by Crippen LogP contribution is -2.25. The normalized spacial score (nSPS) is 15.6. The van der Waals surface area contributed by atoms with E-state index in [0.29, 0.717) is 17.6 Å². The lowest BCUT2D eigenvalue weighted by atomic mass is 9.97. The largest absolute Gasteiger partial charge is 0.299 e. The van der Waals surface area contributed by atoms with Crippen molar-refractivity contribution < 1.29 is 4.79 Å². The van der Waals surface area contributed by atoms with Crippen molar-refractivity contribution in [2.75, 3.05) is 0 Å². The molecule has 0 aromatic carbocycles. The molecule has 1 aliphatic carbocycles. The van der Waals surface area contributed by atoms with Gasteiger partial charge in [-0.15, -0.1) is 11.3 Å². The molecule has 25 heavy (non-hydrogen) atoms. The van der Waals surface area contributed by atoms with E-state index in [1.54, 1.807) is 18.3 Å². The number of carbonyl (C=O) groups is 1. The number of Topliss-reactive ketones (excluding diaryl/α,β-unsaturated/α-hetero) is 1. The lowest BCUT2D eigenvalue weighted by molar-refractivity contribution is -0.116. The first-order valence-corrected chi connectivity index (χ1v) is 10.8. The molecule has 1 atom stereocenters. The molecule has 0 aliphatic heterocycles. The Morgan fingerprint density at radius 3 is 2.68 bits per heavy atom. The van der Waals surface area contributed by atoms with Crippen LogP contribution in [-0.2, 0) is 24.2 Å². The van der Waals surface area contributed by atoms with Crippen molar-refractivity contribution in [3.05, 3.63) is 20.8 Å². The SMILES string of the molecule is CC(=O)C(C)Sc1nc2sc3c(c2c(=O)n1CCC(C)C)CCCC3. The fourth-order valence-electron chi connectivity index (χ4n) is 3.14. The van der Waals surface area contributed by atoms with Crippen LogP contribution in [0.5, 0.6) is 0 Å². The summed E-state index contributed by atoms with van der Waals surface area (Å²) in [5.41, 5.74) is 1.32. The maximum absolute atomic E-state index is 13.3. The average Bonchev–Trinajstić information content (AvgIpc) is 2.92. The Kier molecular flexibility index (Phi) is 5.68. The summed E-state index contributed by atoms with van der Waals surface area (Å²) in [6, 6.07) is 0. The summed E-state index contributed by atoms with van der Waals surface area (Å²) in [4.78, 5) is 32.0. The first-order valence-electron chi connectivity index (χ1n) is 9.10. The number of aromatic nitrogens is 2. The minimum absolute atomic E-state index is 0.0864. The lowest BCUT2D eigenvalue weighted by Gasteiger charge is -2.16. The summed E-state index contributed by atoms with van der Waals surface area (Å²) in [7, 11) is 0. The van der Waals surface area contributed by atoms with Crippen molar-refractivity contribution >= 4 is 39.1 Å². The summed E-state index contributed by atoms with van der Waals surface area (Å²) in [5, 5.41) is 1.34. The number of aryl methyl sites for hydroxylation is 2. The highest BCUT2D eigenvalue weighted by Crippen LogP contribution is 2.35. The first-order chi connectivity index (χ1) is 11.9. The molecule has 0 saturated carbocycles. The minimum Gasteiger partial charge on any atom is -0.299 e. The van der Waals surface area contributed by atoms with Gasteiger partial charge in [0.25, 0.3) is 5.56 Å². The van der Waals surface area contributed by atoms with E-state index in [9.17, 15) is 9.59 Å². The van der Waals surface area contributed by atoms with Gasteiger partial charge in [-0.2, -0.15) is 0 Å². The van der Waals surface area contributed by atoms with Crippen molar-refractivity contribution in [3.8, 4) is 0 Å². The van der Waals surface area contributed by atoms with Crippen LogP contribution in [0.4, 0.5) is 0 Å². The monoisotopic (exact) mass is 378 g/mol. The van der Waals surface area contributed by atoms with Gasteiger partial charge in [0.2, 0.25) is 0 Å². The molecule has 1 aliphatic rings. The number of carbonyl (C=O) groups excluding carboxylic acids is 1. The second kappa shape index (κ2) is 7.62. The molecule has 0 fully saturated rings. The van der Waals surface area contributed by atoms with E-state index in [4.69, 9.17) is 4.98 Å². The quantitative estimate of drug-likeness (QED) is 0.550. The fourth-order valence-corrected chi connectivity index (χ4v) is 5.37. The molecule has 0 bridgehead atoms. The molecule has 2 heterocycles. The van der Waals surface area contributed by atoms with Crippen molar-refractivity contribution in [2.45, 2.75) is 76.8 Å². The number of rotatable bonds is 6. The number of fused-ring (bicyclic) bond motifs is 3. The molecule has 1 unspecified atom stereocenters. The number of thiophene rings is 1. The summed E-state index contributed by atoms with van der Waals surface area (Å²) >= 11 is 3.09. The Bertz CT molecular complexity index is 851. The molecule has 0 N–H and O–H groups in total. The Balaban J connectivity index is 2.13. The molecular weight excluding hydrogens is 352 g/mol. The smallest absolute Gasteiger partial charge is 0.263 e. The van der Waals surface area contributed by atoms with Gasteiger partial charge >= 0.3 is 0 Å². The van der Waals surface area contributed by atoms with Gasteiger partial charge in [-0.3, -0.25) is 14.2 Å². The highest BCUT2D eigenvalue weighted by molar-refractivity contribution is 8.00. The van der Waals surface area contributed by atoms with Gasteiger partial charge in [0.15, 0.2) is 5.16 Å². The van der Waals surface area contributed by atoms with Gasteiger partial charge in [0.1, 0.15) is 10.6 Å². The van der Waals surface area contributed by atoms with Crippen LogP contribution in [0, 0.1) is 5.92 Å². The van der Waals surface area contributed by atoms with E-state index >= 15 is 0 Å². The highest BCUT2D eigenvalue weighted by atomic mass is 32.2. The van der Waals surface area contributed by atoms with E-state index in [1.165, 1.54) is 28.6 Å². The Morgan fingerprint density at radius 2 is 2.00 bits per heavy atom. The zero-order chi connectivity index (χ0) is 18.1. The van der Waals surface area contributed by atoms with Gasteiger partial charge in [-0.25, -0.2) is 4.98 Å². The van der Waals surface area contributed by atoms with Gasteiger partial charge < -0.3 is 0 Å². The summed E-state index contributed by atoms with van der Waals surface area (Å²) in [6.45, 7) is 8.46. The van der Waals surface area contributed by atoms with Gasteiger partial charge in [0, 0.05) is 11.4 Å². The second-order valence-electron chi connectivity index (χ2n) is 7.30. The van der Waals surface area contributed by atoms with Crippen LogP contribution in [0.1, 0.15) is 57.4 Å². The highest BCUT2D eigenvalue weighted by Gasteiger charge is 2.23. The number of hydrogen-bond donors (Lipinski definition) is 0. The van der Waals surface area contributed by atoms with Crippen LogP contribution in [-0.4, -0.2) is 20.6 Å². The zero-order valence-electron chi connectivity index (χ0n) is 15.4. The molecule has 2 aromatic rings. The van der Waals surface area contributed by atoms with Crippen molar-refractivity contribution in [1.29, 1.82) is 0 Å². The van der Waals surface area contributed by atoms with Crippen LogP contribution in [0.25, 0.3) is 10.2 Å². The number of nitrogens with zero attached hydrogens (tertiary/aromatic N) is 2. The summed E-state index contributed by atoms with van der Waals surface area (Å²) in [5.74, 6) is 0.627. The number of hydrogen-bond acceptors (Lipinski definition) is 5. The molecule has 0 amide bonds. The predicted molar refractivity (Wildman–Crippen MR) is 106 cm³/mol. The average molecular weight is 379 g/mol. The van der Waals surface area contributed by atoms with E-state index in [0.717, 1.165) is 35.9 Å². The molecular formula is C19H26N2O2S2. The van der Waals surface area contributed by atoms with Crippen LogP contribution in [0.2, 0.25) is 0 Å². The van der Waals surface area contributed by atoms with Gasteiger partial charge in [-0.1, -0.05) is 25.6 Å². The maximum atomic E-state index is 13.3. The summed E-state index contributed by atoms with van der Waals surface area (Å²) < 4.78 is 1.81. The molecule has 136 valence electrons. The third-order valence-corrected chi connectivity index (χ3v) is 7.22. The molecule has 4 nitrogen and oxygen atoms in total. The van der Waals surface area contributed by atoms with E-state index in [1.807, 2.05) is 11.5 Å². The third-order valence-electron chi connectivity index (χ3n) is 4.82. The van der Waals surface area contributed by atoms with Crippen molar-refractivity contribution in [1.82, 2.24) is 9.55 Å². The number of thioether (sulfide) groups is 1. The van der Waals surface area contributed by atoms with E-state index in [-0.39, 0.29) is 16.6 Å². The molecule has 0 radical (unpaired) electrons. The number of ketones is 1. The van der Waals surface area contributed by atoms with Crippen molar-refractivity contribution in [2.24, 2.45) is 5.92 Å². The third kappa shape index (κ3) is 3.85. The maximum Gasteiger partial charge on any atom is 0.263 e. The molecule has 3 rings (SSSR count). The first kappa shape index (κ1) is 18.6. The topological polar surface area (TPSA) is 52.0 Å².